The number of aromatic nitrogens is 2. The fourth-order valence-corrected chi connectivity index (χ4v) is 3.53. The number of halogens is 3. The van der Waals surface area contributed by atoms with Crippen molar-refractivity contribution in [2.75, 3.05) is 6.61 Å². The van der Waals surface area contributed by atoms with E-state index in [2.05, 4.69) is 24.3 Å². The van der Waals surface area contributed by atoms with Crippen molar-refractivity contribution in [2.45, 2.75) is 39.4 Å². The van der Waals surface area contributed by atoms with Gasteiger partial charge in [-0.3, -0.25) is 4.79 Å². The maximum Gasteiger partial charge on any atom is 0.418 e. The molecule has 0 saturated carbocycles. The van der Waals surface area contributed by atoms with Gasteiger partial charge in [0.25, 0.3) is 5.91 Å². The molecule has 3 rings (SSSR count). The highest BCUT2D eigenvalue weighted by molar-refractivity contribution is 5.92. The number of hydrogen-bond donors (Lipinski definition) is 2. The Morgan fingerprint density at radius 2 is 1.74 bits per heavy atom. The highest BCUT2D eigenvalue weighted by atomic mass is 19.4. The van der Waals surface area contributed by atoms with Crippen LogP contribution in [0.25, 0.3) is 5.69 Å². The van der Waals surface area contributed by atoms with Gasteiger partial charge in [-0.25, -0.2) is 9.48 Å². The SMILES string of the molecule is CC(C)Cc1ccc([C@H](C)NC(=O)COC(=O)c2nn(-c3ccccc3C(F)(F)F)cc2O)cc1. The van der Waals surface area contributed by atoms with Crippen molar-refractivity contribution in [2.24, 2.45) is 5.92 Å². The standard InChI is InChI=1S/C25H26F3N3O4/c1-15(2)12-17-8-10-18(11-9-17)16(3)29-22(33)14-35-24(34)23-21(32)13-31(30-23)20-7-5-4-6-19(20)25(26,27)28/h4-11,13,15-16,32H,12,14H2,1-3H3,(H,29,33)/t16-/m0/s1. The molecule has 3 aromatic rings. The van der Waals surface area contributed by atoms with Crippen LogP contribution in [0.2, 0.25) is 0 Å². The third-order valence-corrected chi connectivity index (χ3v) is 5.18. The smallest absolute Gasteiger partial charge is 0.418 e. The minimum absolute atomic E-state index is 0.346. The topological polar surface area (TPSA) is 93.5 Å². The number of nitrogens with zero attached hydrogens (tertiary/aromatic N) is 2. The first-order valence-corrected chi connectivity index (χ1v) is 11.0. The number of carbonyl (C=O) groups is 2. The van der Waals surface area contributed by atoms with Crippen molar-refractivity contribution < 1.29 is 32.6 Å². The van der Waals surface area contributed by atoms with E-state index in [1.54, 1.807) is 6.92 Å². The van der Waals surface area contributed by atoms with Gasteiger partial charge in [0, 0.05) is 0 Å². The summed E-state index contributed by atoms with van der Waals surface area (Å²) >= 11 is 0. The average Bonchev–Trinajstić information content (AvgIpc) is 3.18. The van der Waals surface area contributed by atoms with Gasteiger partial charge in [0.1, 0.15) is 0 Å². The number of carbonyl (C=O) groups excluding carboxylic acids is 2. The summed E-state index contributed by atoms with van der Waals surface area (Å²) in [5, 5.41) is 16.5. The quantitative estimate of drug-likeness (QED) is 0.442. The molecule has 0 spiro atoms. The van der Waals surface area contributed by atoms with Crippen molar-refractivity contribution in [3.8, 4) is 11.4 Å². The lowest BCUT2D eigenvalue weighted by Crippen LogP contribution is -2.31. The molecule has 35 heavy (non-hydrogen) atoms. The molecule has 1 aromatic heterocycles. The number of aromatic hydroxyl groups is 1. The van der Waals surface area contributed by atoms with Crippen LogP contribution < -0.4 is 5.32 Å². The molecule has 0 radical (unpaired) electrons. The third-order valence-electron chi connectivity index (χ3n) is 5.18. The normalized spacial score (nSPS) is 12.4. The zero-order chi connectivity index (χ0) is 25.8. The highest BCUT2D eigenvalue weighted by Gasteiger charge is 2.34. The number of alkyl halides is 3. The lowest BCUT2D eigenvalue weighted by atomic mass is 10.00. The van der Waals surface area contributed by atoms with Crippen LogP contribution in [0.1, 0.15) is 54.0 Å². The average molecular weight is 489 g/mol. The zero-order valence-electron chi connectivity index (χ0n) is 19.5. The molecular weight excluding hydrogens is 463 g/mol. The molecule has 1 heterocycles. The predicted molar refractivity (Wildman–Crippen MR) is 122 cm³/mol. The fourth-order valence-electron chi connectivity index (χ4n) is 3.53. The fraction of sp³-hybridized carbons (Fsp3) is 0.320. The first-order valence-electron chi connectivity index (χ1n) is 11.0. The van der Waals surface area contributed by atoms with E-state index in [1.165, 1.54) is 17.7 Å². The molecule has 7 nitrogen and oxygen atoms in total. The van der Waals surface area contributed by atoms with Gasteiger partial charge in [-0.1, -0.05) is 50.2 Å². The van der Waals surface area contributed by atoms with E-state index in [-0.39, 0.29) is 11.7 Å². The van der Waals surface area contributed by atoms with Crippen molar-refractivity contribution >= 4 is 11.9 Å². The number of hydrogen-bond acceptors (Lipinski definition) is 5. The van der Waals surface area contributed by atoms with Crippen molar-refractivity contribution in [3.63, 3.8) is 0 Å². The molecule has 10 heteroatoms. The molecular formula is C25H26F3N3O4. The lowest BCUT2D eigenvalue weighted by Gasteiger charge is -2.15. The zero-order valence-corrected chi connectivity index (χ0v) is 19.5. The lowest BCUT2D eigenvalue weighted by molar-refractivity contribution is -0.137. The second-order valence-corrected chi connectivity index (χ2v) is 8.53. The Morgan fingerprint density at radius 3 is 2.37 bits per heavy atom. The largest absolute Gasteiger partial charge is 0.504 e. The first kappa shape index (κ1) is 25.8. The summed E-state index contributed by atoms with van der Waals surface area (Å²) in [7, 11) is 0. The highest BCUT2D eigenvalue weighted by Crippen LogP contribution is 2.34. The summed E-state index contributed by atoms with van der Waals surface area (Å²) in [6.45, 7) is 5.39. The maximum atomic E-state index is 13.3. The molecule has 2 N–H and O–H groups in total. The van der Waals surface area contributed by atoms with Crippen molar-refractivity contribution in [1.82, 2.24) is 15.1 Å². The number of esters is 1. The van der Waals surface area contributed by atoms with Crippen molar-refractivity contribution in [1.29, 1.82) is 0 Å². The molecule has 186 valence electrons. The Morgan fingerprint density at radius 1 is 1.09 bits per heavy atom. The Bertz CT molecular complexity index is 1190. The van der Waals surface area contributed by atoms with Crippen molar-refractivity contribution in [3.05, 3.63) is 77.1 Å². The third kappa shape index (κ3) is 6.62. The summed E-state index contributed by atoms with van der Waals surface area (Å²) in [5.74, 6) is -1.88. The van der Waals surface area contributed by atoms with E-state index in [4.69, 9.17) is 4.74 Å². The van der Waals surface area contributed by atoms with Gasteiger partial charge >= 0.3 is 12.1 Å². The summed E-state index contributed by atoms with van der Waals surface area (Å²) in [4.78, 5) is 24.6. The number of nitrogens with one attached hydrogen (secondary N) is 1. The number of ether oxygens (including phenoxy) is 1. The monoisotopic (exact) mass is 489 g/mol. The van der Waals surface area contributed by atoms with E-state index in [1.807, 2.05) is 24.3 Å². The Hall–Kier alpha value is -3.82. The first-order chi connectivity index (χ1) is 16.5. The Kier molecular flexibility index (Phi) is 7.83. The second-order valence-electron chi connectivity index (χ2n) is 8.53. The van der Waals surface area contributed by atoms with Gasteiger partial charge in [-0.15, -0.1) is 0 Å². The molecule has 0 bridgehead atoms. The van der Waals surface area contributed by atoms with Gasteiger partial charge in [-0.2, -0.15) is 18.3 Å². The molecule has 0 saturated heterocycles. The summed E-state index contributed by atoms with van der Waals surface area (Å²) in [6.07, 6.45) is -2.85. The minimum Gasteiger partial charge on any atom is -0.504 e. The molecule has 1 amide bonds. The van der Waals surface area contributed by atoms with Crippen LogP contribution in [0.4, 0.5) is 13.2 Å². The number of amides is 1. The van der Waals surface area contributed by atoms with E-state index in [9.17, 15) is 27.9 Å². The van der Waals surface area contributed by atoms with Crippen LogP contribution in [-0.4, -0.2) is 33.4 Å². The number of benzene rings is 2. The molecule has 0 aliphatic carbocycles. The van der Waals surface area contributed by atoms with Gasteiger partial charge in [0.2, 0.25) is 5.69 Å². The summed E-state index contributed by atoms with van der Waals surface area (Å²) in [6, 6.07) is 12.1. The van der Waals surface area contributed by atoms with Crippen LogP contribution in [0.5, 0.6) is 5.75 Å². The van der Waals surface area contributed by atoms with Gasteiger partial charge < -0.3 is 15.2 Å². The summed E-state index contributed by atoms with van der Waals surface area (Å²) < 4.78 is 45.4. The minimum atomic E-state index is -4.66. The molecule has 0 aliphatic rings. The maximum absolute atomic E-state index is 13.3. The van der Waals surface area contributed by atoms with Gasteiger partial charge in [0.15, 0.2) is 12.4 Å². The number of para-hydroxylation sites is 1. The molecule has 0 aliphatic heterocycles. The predicted octanol–water partition coefficient (Wildman–Crippen LogP) is 4.83. The second kappa shape index (κ2) is 10.6. The van der Waals surface area contributed by atoms with E-state index < -0.39 is 41.7 Å². The van der Waals surface area contributed by atoms with E-state index in [0.29, 0.717) is 5.92 Å². The Balaban J connectivity index is 1.61. The van der Waals surface area contributed by atoms with Gasteiger partial charge in [0.05, 0.1) is 23.5 Å². The Labute approximate surface area is 200 Å². The van der Waals surface area contributed by atoms with E-state index >= 15 is 0 Å². The molecule has 2 aromatic carbocycles. The van der Waals surface area contributed by atoms with Gasteiger partial charge in [-0.05, 0) is 42.5 Å². The number of rotatable bonds is 8. The van der Waals surface area contributed by atoms with Crippen LogP contribution in [0.15, 0.2) is 54.7 Å². The van der Waals surface area contributed by atoms with E-state index in [0.717, 1.165) is 35.0 Å². The van der Waals surface area contributed by atoms with Crippen LogP contribution in [0.3, 0.4) is 0 Å². The van der Waals surface area contributed by atoms with Crippen LogP contribution >= 0.6 is 0 Å². The van der Waals surface area contributed by atoms with Crippen LogP contribution in [0, 0.1) is 5.92 Å². The molecule has 1 atom stereocenters. The molecule has 0 unspecified atom stereocenters. The summed E-state index contributed by atoms with van der Waals surface area (Å²) in [5.41, 5.74) is 0.0853. The molecule has 0 fully saturated rings. The van der Waals surface area contributed by atoms with Crippen LogP contribution in [-0.2, 0) is 22.1 Å².